The molecule has 0 spiro atoms. The summed E-state index contributed by atoms with van der Waals surface area (Å²) in [6, 6.07) is 2.17. The van der Waals surface area contributed by atoms with Crippen LogP contribution in [0.2, 0.25) is 0 Å². The third-order valence-electron chi connectivity index (χ3n) is 3.28. The Balaban J connectivity index is 2.29. The molecule has 0 aliphatic carbocycles. The molecule has 2 rings (SSSR count). The van der Waals surface area contributed by atoms with E-state index < -0.39 is 0 Å². The molecule has 0 amide bonds. The molecule has 1 atom stereocenters. The van der Waals surface area contributed by atoms with Crippen LogP contribution >= 0.6 is 0 Å². The van der Waals surface area contributed by atoms with E-state index in [0.717, 1.165) is 43.1 Å². The van der Waals surface area contributed by atoms with Gasteiger partial charge in [0.1, 0.15) is 18.0 Å². The van der Waals surface area contributed by atoms with Gasteiger partial charge in [-0.2, -0.15) is 5.26 Å². The summed E-state index contributed by atoms with van der Waals surface area (Å²) in [7, 11) is 0. The number of ether oxygens (including phenoxy) is 1. The maximum Gasteiger partial charge on any atom is 0.161 e. The van der Waals surface area contributed by atoms with Crippen molar-refractivity contribution in [1.82, 2.24) is 9.97 Å². The minimum absolute atomic E-state index is 0.379. The van der Waals surface area contributed by atoms with Gasteiger partial charge < -0.3 is 15.0 Å². The van der Waals surface area contributed by atoms with Crippen LogP contribution in [0.15, 0.2) is 6.33 Å². The number of hydrogen-bond donors (Lipinski definition) is 1. The Morgan fingerprint density at radius 3 is 3.05 bits per heavy atom. The van der Waals surface area contributed by atoms with Gasteiger partial charge in [-0.15, -0.1) is 0 Å². The van der Waals surface area contributed by atoms with Crippen molar-refractivity contribution in [3.63, 3.8) is 0 Å². The number of hydrogen-bond acceptors (Lipinski definition) is 6. The number of rotatable bonds is 5. The lowest BCUT2D eigenvalue weighted by Crippen LogP contribution is -2.42. The van der Waals surface area contributed by atoms with E-state index in [4.69, 9.17) is 10.00 Å². The molecular formula is C14H21N5O. The van der Waals surface area contributed by atoms with Crippen molar-refractivity contribution in [1.29, 1.82) is 5.26 Å². The molecule has 1 aliphatic heterocycles. The third-order valence-corrected chi connectivity index (χ3v) is 3.28. The van der Waals surface area contributed by atoms with Crippen LogP contribution in [0, 0.1) is 11.3 Å². The zero-order valence-corrected chi connectivity index (χ0v) is 12.1. The topological polar surface area (TPSA) is 74.1 Å². The lowest BCUT2D eigenvalue weighted by molar-refractivity contribution is 0.0761. The van der Waals surface area contributed by atoms with E-state index in [1.54, 1.807) is 6.33 Å². The van der Waals surface area contributed by atoms with Crippen LogP contribution in [-0.2, 0) is 11.2 Å². The molecule has 20 heavy (non-hydrogen) atoms. The highest BCUT2D eigenvalue weighted by Crippen LogP contribution is 2.26. The van der Waals surface area contributed by atoms with Gasteiger partial charge >= 0.3 is 0 Å². The molecule has 1 aliphatic rings. The summed E-state index contributed by atoms with van der Waals surface area (Å²) in [5.74, 6) is 1.83. The predicted octanol–water partition coefficient (Wildman–Crippen LogP) is 1.59. The molecule has 1 aromatic heterocycles. The Morgan fingerprint density at radius 2 is 2.35 bits per heavy atom. The van der Waals surface area contributed by atoms with Crippen LogP contribution in [0.25, 0.3) is 0 Å². The molecule has 6 nitrogen and oxygen atoms in total. The van der Waals surface area contributed by atoms with Crippen molar-refractivity contribution < 1.29 is 4.74 Å². The summed E-state index contributed by atoms with van der Waals surface area (Å²) in [4.78, 5) is 10.9. The molecule has 1 N–H and O–H groups in total. The SMILES string of the molecule is CCCc1c(NCC)ncnc1N1CCOC(C#N)C1. The fourth-order valence-corrected chi connectivity index (χ4v) is 2.40. The number of nitriles is 1. The fourth-order valence-electron chi connectivity index (χ4n) is 2.40. The summed E-state index contributed by atoms with van der Waals surface area (Å²) >= 11 is 0. The largest absolute Gasteiger partial charge is 0.370 e. The number of nitrogens with zero attached hydrogens (tertiary/aromatic N) is 4. The molecular weight excluding hydrogens is 254 g/mol. The lowest BCUT2D eigenvalue weighted by atomic mass is 10.1. The number of aromatic nitrogens is 2. The normalized spacial score (nSPS) is 18.6. The van der Waals surface area contributed by atoms with Crippen molar-refractivity contribution in [2.45, 2.75) is 32.8 Å². The Labute approximate surface area is 119 Å². The molecule has 0 aromatic carbocycles. The molecule has 0 saturated carbocycles. The van der Waals surface area contributed by atoms with Gasteiger partial charge in [0.15, 0.2) is 6.10 Å². The highest BCUT2D eigenvalue weighted by molar-refractivity contribution is 5.59. The van der Waals surface area contributed by atoms with Crippen molar-refractivity contribution >= 4 is 11.6 Å². The first-order chi connectivity index (χ1) is 9.80. The summed E-state index contributed by atoms with van der Waals surface area (Å²) in [6.45, 7) is 6.91. The summed E-state index contributed by atoms with van der Waals surface area (Å²) in [6.07, 6.45) is 3.16. The van der Waals surface area contributed by atoms with Gasteiger partial charge in [0.05, 0.1) is 19.2 Å². The standard InChI is InChI=1S/C14H21N5O/c1-3-5-12-13(16-4-2)17-10-18-14(12)19-6-7-20-11(8-15)9-19/h10-11H,3-7,9H2,1-2H3,(H,16,17,18). The van der Waals surface area contributed by atoms with E-state index in [1.807, 2.05) is 0 Å². The Morgan fingerprint density at radius 1 is 1.50 bits per heavy atom. The van der Waals surface area contributed by atoms with E-state index in [-0.39, 0.29) is 6.10 Å². The second kappa shape index (κ2) is 7.06. The number of morpholine rings is 1. The summed E-state index contributed by atoms with van der Waals surface area (Å²) < 4.78 is 5.39. The van der Waals surface area contributed by atoms with Gasteiger partial charge in [0.2, 0.25) is 0 Å². The monoisotopic (exact) mass is 275 g/mol. The average Bonchev–Trinajstić information content (AvgIpc) is 2.49. The van der Waals surface area contributed by atoms with E-state index in [2.05, 4.69) is 40.1 Å². The van der Waals surface area contributed by atoms with Crippen LogP contribution in [0.1, 0.15) is 25.8 Å². The molecule has 108 valence electrons. The van der Waals surface area contributed by atoms with Gasteiger partial charge in [0.25, 0.3) is 0 Å². The van der Waals surface area contributed by atoms with E-state index in [1.165, 1.54) is 0 Å². The van der Waals surface area contributed by atoms with Crippen molar-refractivity contribution in [3.05, 3.63) is 11.9 Å². The van der Waals surface area contributed by atoms with Gasteiger partial charge in [0, 0.05) is 18.7 Å². The van der Waals surface area contributed by atoms with Crippen LogP contribution in [0.5, 0.6) is 0 Å². The minimum Gasteiger partial charge on any atom is -0.370 e. The lowest BCUT2D eigenvalue weighted by Gasteiger charge is -2.32. The maximum absolute atomic E-state index is 9.02. The van der Waals surface area contributed by atoms with Gasteiger partial charge in [-0.1, -0.05) is 13.3 Å². The molecule has 1 unspecified atom stereocenters. The number of anilines is 2. The van der Waals surface area contributed by atoms with Crippen LogP contribution < -0.4 is 10.2 Å². The van der Waals surface area contributed by atoms with Gasteiger partial charge in [-0.25, -0.2) is 9.97 Å². The molecule has 1 aromatic rings. The van der Waals surface area contributed by atoms with Crippen LogP contribution in [-0.4, -0.2) is 42.3 Å². The van der Waals surface area contributed by atoms with Crippen LogP contribution in [0.4, 0.5) is 11.6 Å². The van der Waals surface area contributed by atoms with Gasteiger partial charge in [-0.3, -0.25) is 0 Å². The third kappa shape index (κ3) is 3.17. The highest BCUT2D eigenvalue weighted by Gasteiger charge is 2.24. The van der Waals surface area contributed by atoms with E-state index in [9.17, 15) is 0 Å². The Hall–Kier alpha value is -1.87. The first-order valence-electron chi connectivity index (χ1n) is 7.14. The molecule has 0 bridgehead atoms. The Bertz CT molecular complexity index is 485. The first kappa shape index (κ1) is 14.5. The average molecular weight is 275 g/mol. The highest BCUT2D eigenvalue weighted by atomic mass is 16.5. The zero-order valence-electron chi connectivity index (χ0n) is 12.1. The number of nitrogens with one attached hydrogen (secondary N) is 1. The summed E-state index contributed by atoms with van der Waals surface area (Å²) in [5, 5.41) is 12.3. The fraction of sp³-hybridized carbons (Fsp3) is 0.643. The zero-order chi connectivity index (χ0) is 14.4. The second-order valence-electron chi connectivity index (χ2n) is 4.74. The maximum atomic E-state index is 9.02. The van der Waals surface area contributed by atoms with E-state index in [0.29, 0.717) is 13.2 Å². The molecule has 0 radical (unpaired) electrons. The minimum atomic E-state index is -0.379. The Kier molecular flexibility index (Phi) is 5.13. The van der Waals surface area contributed by atoms with E-state index >= 15 is 0 Å². The van der Waals surface area contributed by atoms with Crippen molar-refractivity contribution in [3.8, 4) is 6.07 Å². The second-order valence-corrected chi connectivity index (χ2v) is 4.74. The predicted molar refractivity (Wildman–Crippen MR) is 77.8 cm³/mol. The quantitative estimate of drug-likeness (QED) is 0.879. The van der Waals surface area contributed by atoms with Crippen molar-refractivity contribution in [2.75, 3.05) is 36.5 Å². The molecule has 1 saturated heterocycles. The first-order valence-corrected chi connectivity index (χ1v) is 7.14. The van der Waals surface area contributed by atoms with Gasteiger partial charge in [-0.05, 0) is 13.3 Å². The van der Waals surface area contributed by atoms with Crippen LogP contribution in [0.3, 0.4) is 0 Å². The van der Waals surface area contributed by atoms with Crippen molar-refractivity contribution in [2.24, 2.45) is 0 Å². The molecule has 2 heterocycles. The molecule has 6 heteroatoms. The molecule has 1 fully saturated rings. The smallest absolute Gasteiger partial charge is 0.161 e. The summed E-state index contributed by atoms with van der Waals surface area (Å²) in [5.41, 5.74) is 1.13.